The molecule has 1 aromatic heterocycles. The van der Waals surface area contributed by atoms with Crippen molar-refractivity contribution in [3.05, 3.63) is 82.7 Å². The number of pyridine rings is 1. The van der Waals surface area contributed by atoms with E-state index in [1.165, 1.54) is 13.1 Å². The molecule has 0 unspecified atom stereocenters. The summed E-state index contributed by atoms with van der Waals surface area (Å²) in [6.45, 7) is 7.52. The largest absolute Gasteiger partial charge is 0.354 e. The highest BCUT2D eigenvalue weighted by Crippen LogP contribution is 2.23. The number of anilines is 3. The molecular formula is C23H23N3O2. The minimum atomic E-state index is -0.219. The third-order valence-corrected chi connectivity index (χ3v) is 4.47. The van der Waals surface area contributed by atoms with Crippen LogP contribution in [0.15, 0.2) is 54.9 Å². The molecule has 2 aromatic carbocycles. The van der Waals surface area contributed by atoms with E-state index in [0.29, 0.717) is 16.8 Å². The third-order valence-electron chi connectivity index (χ3n) is 4.47. The van der Waals surface area contributed by atoms with Crippen molar-refractivity contribution in [3.63, 3.8) is 0 Å². The Hall–Kier alpha value is -3.47. The number of amides is 1. The smallest absolute Gasteiger partial charge is 0.257 e. The zero-order valence-electron chi connectivity index (χ0n) is 16.5. The molecule has 0 aliphatic rings. The van der Waals surface area contributed by atoms with Crippen molar-refractivity contribution in [2.45, 2.75) is 27.7 Å². The Morgan fingerprint density at radius 1 is 0.857 bits per heavy atom. The predicted octanol–water partition coefficient (Wildman–Crippen LogP) is 5.21. The first-order valence-corrected chi connectivity index (χ1v) is 9.06. The van der Waals surface area contributed by atoms with Crippen LogP contribution in [-0.2, 0) is 0 Å². The lowest BCUT2D eigenvalue weighted by atomic mass is 10.0. The Kier molecular flexibility index (Phi) is 5.54. The first-order chi connectivity index (χ1) is 13.3. The van der Waals surface area contributed by atoms with E-state index in [1.807, 2.05) is 45.0 Å². The second-order valence-corrected chi connectivity index (χ2v) is 6.95. The summed E-state index contributed by atoms with van der Waals surface area (Å²) in [6, 6.07) is 13.0. The van der Waals surface area contributed by atoms with Gasteiger partial charge in [0, 0.05) is 23.1 Å². The van der Waals surface area contributed by atoms with Crippen LogP contribution in [0.3, 0.4) is 0 Å². The van der Waals surface area contributed by atoms with Gasteiger partial charge in [-0.15, -0.1) is 0 Å². The molecule has 0 aliphatic carbocycles. The van der Waals surface area contributed by atoms with Gasteiger partial charge >= 0.3 is 0 Å². The van der Waals surface area contributed by atoms with E-state index in [0.717, 1.165) is 28.1 Å². The monoisotopic (exact) mass is 373 g/mol. The van der Waals surface area contributed by atoms with Crippen molar-refractivity contribution >= 4 is 28.8 Å². The van der Waals surface area contributed by atoms with Crippen molar-refractivity contribution in [3.8, 4) is 0 Å². The Morgan fingerprint density at radius 3 is 2.21 bits per heavy atom. The number of ketones is 1. The maximum Gasteiger partial charge on any atom is 0.257 e. The fourth-order valence-electron chi connectivity index (χ4n) is 3.18. The van der Waals surface area contributed by atoms with Gasteiger partial charge in [-0.2, -0.15) is 0 Å². The van der Waals surface area contributed by atoms with Gasteiger partial charge in [-0.1, -0.05) is 29.8 Å². The number of hydrogen-bond acceptors (Lipinski definition) is 4. The van der Waals surface area contributed by atoms with Crippen molar-refractivity contribution in [1.29, 1.82) is 0 Å². The summed E-state index contributed by atoms with van der Waals surface area (Å²) >= 11 is 0. The van der Waals surface area contributed by atoms with E-state index in [1.54, 1.807) is 24.4 Å². The number of nitrogens with one attached hydrogen (secondary N) is 2. The molecule has 0 spiro atoms. The Bertz CT molecular complexity index is 1030. The number of benzene rings is 2. The van der Waals surface area contributed by atoms with E-state index in [-0.39, 0.29) is 11.7 Å². The van der Waals surface area contributed by atoms with Crippen LogP contribution in [0, 0.1) is 20.8 Å². The minimum absolute atomic E-state index is 0.00117. The normalized spacial score (nSPS) is 10.4. The lowest BCUT2D eigenvalue weighted by molar-refractivity contribution is 0.101. The first kappa shape index (κ1) is 19.3. The van der Waals surface area contributed by atoms with Gasteiger partial charge in [-0.3, -0.25) is 14.6 Å². The molecule has 142 valence electrons. The summed E-state index contributed by atoms with van der Waals surface area (Å²) in [6.07, 6.45) is 3.17. The van der Waals surface area contributed by atoms with Gasteiger partial charge < -0.3 is 10.6 Å². The number of nitrogens with zero attached hydrogens (tertiary/aromatic N) is 1. The number of carbonyl (C=O) groups is 2. The van der Waals surface area contributed by atoms with Gasteiger partial charge in [0.2, 0.25) is 0 Å². The molecule has 0 saturated carbocycles. The van der Waals surface area contributed by atoms with Crippen molar-refractivity contribution in [2.24, 2.45) is 0 Å². The van der Waals surface area contributed by atoms with Crippen LogP contribution >= 0.6 is 0 Å². The average Bonchev–Trinajstić information content (AvgIpc) is 2.65. The number of aromatic nitrogens is 1. The van der Waals surface area contributed by atoms with Gasteiger partial charge in [0.05, 0.1) is 17.4 Å². The zero-order valence-corrected chi connectivity index (χ0v) is 16.5. The summed E-state index contributed by atoms with van der Waals surface area (Å²) in [5.74, 6) is -0.220. The molecule has 3 rings (SSSR count). The van der Waals surface area contributed by atoms with Gasteiger partial charge in [0.15, 0.2) is 5.78 Å². The van der Waals surface area contributed by atoms with Gasteiger partial charge in [0.1, 0.15) is 0 Å². The van der Waals surface area contributed by atoms with Gasteiger partial charge in [-0.05, 0) is 57.0 Å². The molecular weight excluding hydrogens is 350 g/mol. The van der Waals surface area contributed by atoms with Crippen molar-refractivity contribution < 1.29 is 9.59 Å². The first-order valence-electron chi connectivity index (χ1n) is 9.06. The van der Waals surface area contributed by atoms with Crippen LogP contribution < -0.4 is 10.6 Å². The highest BCUT2D eigenvalue weighted by molar-refractivity contribution is 6.05. The van der Waals surface area contributed by atoms with Crippen LogP contribution in [0.5, 0.6) is 0 Å². The van der Waals surface area contributed by atoms with E-state index in [4.69, 9.17) is 0 Å². The summed E-state index contributed by atoms with van der Waals surface area (Å²) in [5, 5.41) is 6.18. The zero-order chi connectivity index (χ0) is 20.3. The van der Waals surface area contributed by atoms with Gasteiger partial charge in [0.25, 0.3) is 5.91 Å². The molecule has 5 nitrogen and oxygen atoms in total. The maximum absolute atomic E-state index is 12.7. The molecule has 0 saturated heterocycles. The summed E-state index contributed by atoms with van der Waals surface area (Å²) < 4.78 is 0. The Labute approximate surface area is 164 Å². The van der Waals surface area contributed by atoms with Crippen LogP contribution in [-0.4, -0.2) is 16.7 Å². The van der Waals surface area contributed by atoms with E-state index >= 15 is 0 Å². The standard InChI is InChI=1S/C23H23N3O2/c1-14-8-15(2)22(16(3)9-14)26-23(28)19-11-21(13-24-12-19)25-20-7-5-6-18(10-20)17(4)27/h5-13,25H,1-4H3,(H,26,28). The van der Waals surface area contributed by atoms with Crippen LogP contribution in [0.2, 0.25) is 0 Å². The summed E-state index contributed by atoms with van der Waals surface area (Å²) in [5.41, 5.74) is 6.53. The van der Waals surface area contributed by atoms with E-state index in [2.05, 4.69) is 15.6 Å². The summed E-state index contributed by atoms with van der Waals surface area (Å²) in [7, 11) is 0. The van der Waals surface area contributed by atoms with Gasteiger partial charge in [-0.25, -0.2) is 0 Å². The molecule has 28 heavy (non-hydrogen) atoms. The number of rotatable bonds is 5. The highest BCUT2D eigenvalue weighted by Gasteiger charge is 2.12. The number of hydrogen-bond donors (Lipinski definition) is 2. The van der Waals surface area contributed by atoms with Crippen molar-refractivity contribution in [1.82, 2.24) is 4.98 Å². The SMILES string of the molecule is CC(=O)c1cccc(Nc2cncc(C(=O)Nc3c(C)cc(C)cc3C)c2)c1. The molecule has 0 bridgehead atoms. The minimum Gasteiger partial charge on any atom is -0.354 e. The Morgan fingerprint density at radius 2 is 1.54 bits per heavy atom. The average molecular weight is 373 g/mol. The van der Waals surface area contributed by atoms with E-state index < -0.39 is 0 Å². The van der Waals surface area contributed by atoms with Crippen LogP contribution in [0.1, 0.15) is 44.3 Å². The number of carbonyl (C=O) groups excluding carboxylic acids is 2. The quantitative estimate of drug-likeness (QED) is 0.603. The Balaban J connectivity index is 1.80. The number of Topliss-reactive ketones (excluding diaryl/α,β-unsaturated/α-hetero) is 1. The molecule has 1 heterocycles. The highest BCUT2D eigenvalue weighted by atomic mass is 16.1. The van der Waals surface area contributed by atoms with E-state index in [9.17, 15) is 9.59 Å². The topological polar surface area (TPSA) is 71.1 Å². The molecule has 1 amide bonds. The van der Waals surface area contributed by atoms with Crippen molar-refractivity contribution in [2.75, 3.05) is 10.6 Å². The second kappa shape index (κ2) is 8.05. The lowest BCUT2D eigenvalue weighted by Crippen LogP contribution is -2.14. The van der Waals surface area contributed by atoms with Crippen LogP contribution in [0.25, 0.3) is 0 Å². The number of aryl methyl sites for hydroxylation is 3. The molecule has 3 aromatic rings. The third kappa shape index (κ3) is 4.43. The fourth-order valence-corrected chi connectivity index (χ4v) is 3.18. The lowest BCUT2D eigenvalue weighted by Gasteiger charge is -2.13. The maximum atomic E-state index is 12.7. The molecule has 5 heteroatoms. The molecule has 0 atom stereocenters. The molecule has 0 aliphatic heterocycles. The predicted molar refractivity (Wildman–Crippen MR) is 113 cm³/mol. The second-order valence-electron chi connectivity index (χ2n) is 6.95. The van der Waals surface area contributed by atoms with Crippen LogP contribution in [0.4, 0.5) is 17.1 Å². The molecule has 2 N–H and O–H groups in total. The summed E-state index contributed by atoms with van der Waals surface area (Å²) in [4.78, 5) is 28.4. The fraction of sp³-hybridized carbons (Fsp3) is 0.174. The molecule has 0 radical (unpaired) electrons. The molecule has 0 fully saturated rings.